The molecule has 0 aromatic carbocycles. The van der Waals surface area contributed by atoms with Gasteiger partial charge in [-0.25, -0.2) is 4.79 Å². The van der Waals surface area contributed by atoms with Crippen LogP contribution in [0.3, 0.4) is 0 Å². The second kappa shape index (κ2) is 4.31. The summed E-state index contributed by atoms with van der Waals surface area (Å²) in [5, 5.41) is 14.6. The fourth-order valence-electron chi connectivity index (χ4n) is 1.50. The zero-order valence-electron chi connectivity index (χ0n) is 8.25. The standard InChI is InChI=1S/C9H10N2O5/c12-8(10-7-3-4-15-11-7)5-1-2-6(16-5)9(13)14/h3-6H,1-2H2,(H,13,14)(H,10,11,12)/t5-,6+/m0/s1. The van der Waals surface area contributed by atoms with Crippen LogP contribution >= 0.6 is 0 Å². The lowest BCUT2D eigenvalue weighted by Crippen LogP contribution is -2.30. The Morgan fingerprint density at radius 1 is 1.44 bits per heavy atom. The van der Waals surface area contributed by atoms with E-state index in [9.17, 15) is 9.59 Å². The van der Waals surface area contributed by atoms with E-state index in [-0.39, 0.29) is 5.82 Å². The largest absolute Gasteiger partial charge is 0.479 e. The molecule has 1 amide bonds. The van der Waals surface area contributed by atoms with Gasteiger partial charge in [0.15, 0.2) is 11.9 Å². The SMILES string of the molecule is O=C(Nc1ccon1)[C@@H]1CC[C@H](C(=O)O)O1. The van der Waals surface area contributed by atoms with Gasteiger partial charge in [-0.2, -0.15) is 0 Å². The first-order chi connectivity index (χ1) is 7.66. The third-order valence-electron chi connectivity index (χ3n) is 2.28. The van der Waals surface area contributed by atoms with Crippen LogP contribution in [-0.2, 0) is 14.3 Å². The molecule has 0 saturated carbocycles. The van der Waals surface area contributed by atoms with E-state index in [2.05, 4.69) is 15.0 Å². The molecule has 86 valence electrons. The molecule has 7 heteroatoms. The number of ether oxygens (including phenoxy) is 1. The molecule has 1 aliphatic rings. The van der Waals surface area contributed by atoms with E-state index in [0.717, 1.165) is 0 Å². The van der Waals surface area contributed by atoms with Crippen molar-refractivity contribution < 1.29 is 24.0 Å². The highest BCUT2D eigenvalue weighted by atomic mass is 16.5. The molecule has 1 fully saturated rings. The monoisotopic (exact) mass is 226 g/mol. The molecule has 2 rings (SSSR count). The Bertz CT molecular complexity index is 389. The van der Waals surface area contributed by atoms with Crippen molar-refractivity contribution in [2.75, 3.05) is 5.32 Å². The van der Waals surface area contributed by atoms with Gasteiger partial charge in [0.25, 0.3) is 5.91 Å². The van der Waals surface area contributed by atoms with Crippen molar-refractivity contribution in [2.24, 2.45) is 0 Å². The summed E-state index contributed by atoms with van der Waals surface area (Å²) in [6.07, 6.45) is 0.420. The predicted molar refractivity (Wildman–Crippen MR) is 50.7 cm³/mol. The second-order valence-electron chi connectivity index (χ2n) is 3.40. The molecule has 2 atom stereocenters. The maximum atomic E-state index is 11.6. The topological polar surface area (TPSA) is 102 Å². The van der Waals surface area contributed by atoms with Crippen LogP contribution in [0.1, 0.15) is 12.8 Å². The first-order valence-electron chi connectivity index (χ1n) is 4.76. The first-order valence-corrected chi connectivity index (χ1v) is 4.76. The summed E-state index contributed by atoms with van der Waals surface area (Å²) in [6.45, 7) is 0. The molecule has 2 N–H and O–H groups in total. The highest BCUT2D eigenvalue weighted by Crippen LogP contribution is 2.20. The Hall–Kier alpha value is -1.89. The number of anilines is 1. The molecular formula is C9H10N2O5. The van der Waals surface area contributed by atoms with Crippen LogP contribution in [0.15, 0.2) is 16.9 Å². The van der Waals surface area contributed by atoms with Crippen molar-refractivity contribution >= 4 is 17.7 Å². The van der Waals surface area contributed by atoms with Gasteiger partial charge in [0.2, 0.25) is 0 Å². The van der Waals surface area contributed by atoms with Gasteiger partial charge in [-0.3, -0.25) is 4.79 Å². The average molecular weight is 226 g/mol. The molecule has 1 aromatic heterocycles. The van der Waals surface area contributed by atoms with Crippen molar-refractivity contribution in [1.82, 2.24) is 5.16 Å². The number of hydrogen-bond donors (Lipinski definition) is 2. The molecule has 0 unspecified atom stereocenters. The number of carbonyl (C=O) groups is 2. The number of carbonyl (C=O) groups excluding carboxylic acids is 1. The molecule has 1 aromatic rings. The third-order valence-corrected chi connectivity index (χ3v) is 2.28. The number of rotatable bonds is 3. The minimum Gasteiger partial charge on any atom is -0.479 e. The third kappa shape index (κ3) is 2.19. The van der Waals surface area contributed by atoms with E-state index >= 15 is 0 Å². The number of aliphatic carboxylic acids is 1. The lowest BCUT2D eigenvalue weighted by Gasteiger charge is -2.09. The van der Waals surface area contributed by atoms with Crippen molar-refractivity contribution in [3.05, 3.63) is 12.3 Å². The molecule has 2 heterocycles. The summed E-state index contributed by atoms with van der Waals surface area (Å²) in [5.41, 5.74) is 0. The smallest absolute Gasteiger partial charge is 0.332 e. The summed E-state index contributed by atoms with van der Waals surface area (Å²) in [7, 11) is 0. The van der Waals surface area contributed by atoms with Crippen LogP contribution in [0.25, 0.3) is 0 Å². The summed E-state index contributed by atoms with van der Waals surface area (Å²) >= 11 is 0. The van der Waals surface area contributed by atoms with Gasteiger partial charge < -0.3 is 19.7 Å². The lowest BCUT2D eigenvalue weighted by molar-refractivity contribution is -0.150. The fraction of sp³-hybridized carbons (Fsp3) is 0.444. The van der Waals surface area contributed by atoms with Crippen LogP contribution in [-0.4, -0.2) is 34.3 Å². The van der Waals surface area contributed by atoms with Gasteiger partial charge in [0, 0.05) is 6.07 Å². The van der Waals surface area contributed by atoms with Crippen LogP contribution < -0.4 is 5.32 Å². The molecule has 0 aliphatic carbocycles. The predicted octanol–water partition coefficient (Wildman–Crippen LogP) is 0.245. The van der Waals surface area contributed by atoms with E-state index < -0.39 is 24.1 Å². The Kier molecular flexibility index (Phi) is 2.86. The van der Waals surface area contributed by atoms with E-state index in [0.29, 0.717) is 12.8 Å². The van der Waals surface area contributed by atoms with Gasteiger partial charge in [-0.1, -0.05) is 5.16 Å². The van der Waals surface area contributed by atoms with Gasteiger partial charge in [-0.15, -0.1) is 0 Å². The molecule has 1 aliphatic heterocycles. The average Bonchev–Trinajstić information content (AvgIpc) is 2.86. The minimum absolute atomic E-state index is 0.285. The maximum Gasteiger partial charge on any atom is 0.332 e. The van der Waals surface area contributed by atoms with Crippen LogP contribution in [0.4, 0.5) is 5.82 Å². The van der Waals surface area contributed by atoms with Crippen molar-refractivity contribution in [2.45, 2.75) is 25.0 Å². The lowest BCUT2D eigenvalue weighted by atomic mass is 10.2. The highest BCUT2D eigenvalue weighted by Gasteiger charge is 2.34. The minimum atomic E-state index is -1.04. The van der Waals surface area contributed by atoms with Crippen molar-refractivity contribution in [3.8, 4) is 0 Å². The number of amides is 1. The molecule has 7 nitrogen and oxygen atoms in total. The van der Waals surface area contributed by atoms with E-state index in [1.807, 2.05) is 0 Å². The fourth-order valence-corrected chi connectivity index (χ4v) is 1.50. The number of hydrogen-bond acceptors (Lipinski definition) is 5. The van der Waals surface area contributed by atoms with Crippen LogP contribution in [0.2, 0.25) is 0 Å². The number of aromatic nitrogens is 1. The molecular weight excluding hydrogens is 216 g/mol. The quantitative estimate of drug-likeness (QED) is 0.765. The number of nitrogens with one attached hydrogen (secondary N) is 1. The first kappa shape index (κ1) is 10.6. The summed E-state index contributed by atoms with van der Waals surface area (Å²) in [4.78, 5) is 22.2. The molecule has 1 saturated heterocycles. The molecule has 16 heavy (non-hydrogen) atoms. The second-order valence-corrected chi connectivity index (χ2v) is 3.40. The maximum absolute atomic E-state index is 11.6. The summed E-state index contributed by atoms with van der Waals surface area (Å²) in [6, 6.07) is 1.49. The molecule has 0 radical (unpaired) electrons. The van der Waals surface area contributed by atoms with Crippen molar-refractivity contribution in [3.63, 3.8) is 0 Å². The Labute approximate surface area is 90.4 Å². The van der Waals surface area contributed by atoms with Crippen LogP contribution in [0.5, 0.6) is 0 Å². The zero-order chi connectivity index (χ0) is 11.5. The Balaban J connectivity index is 1.90. The zero-order valence-corrected chi connectivity index (χ0v) is 8.25. The van der Waals surface area contributed by atoms with Gasteiger partial charge in [0.1, 0.15) is 12.4 Å². The highest BCUT2D eigenvalue weighted by molar-refractivity contribution is 5.93. The van der Waals surface area contributed by atoms with Gasteiger partial charge in [-0.05, 0) is 12.8 Å². The number of nitrogens with zero attached hydrogens (tertiary/aromatic N) is 1. The summed E-state index contributed by atoms with van der Waals surface area (Å²) in [5.74, 6) is -1.17. The number of carboxylic acids is 1. The summed E-state index contributed by atoms with van der Waals surface area (Å²) < 4.78 is 9.60. The van der Waals surface area contributed by atoms with E-state index in [4.69, 9.17) is 9.84 Å². The number of carboxylic acid groups (broad SMARTS) is 1. The molecule has 0 spiro atoms. The molecule has 0 bridgehead atoms. The van der Waals surface area contributed by atoms with Gasteiger partial charge >= 0.3 is 5.97 Å². The Morgan fingerprint density at radius 2 is 2.19 bits per heavy atom. The Morgan fingerprint density at radius 3 is 2.75 bits per heavy atom. The normalized spacial score (nSPS) is 24.2. The van der Waals surface area contributed by atoms with Crippen LogP contribution in [0, 0.1) is 0 Å². The van der Waals surface area contributed by atoms with E-state index in [1.165, 1.54) is 12.3 Å². The van der Waals surface area contributed by atoms with Gasteiger partial charge in [0.05, 0.1) is 0 Å². The van der Waals surface area contributed by atoms with E-state index in [1.54, 1.807) is 0 Å². The van der Waals surface area contributed by atoms with Crippen molar-refractivity contribution in [1.29, 1.82) is 0 Å².